The molecule has 114 valence electrons. The Morgan fingerprint density at radius 1 is 1.19 bits per heavy atom. The van der Waals surface area contributed by atoms with Gasteiger partial charge in [-0.25, -0.2) is 4.79 Å². The standard InChI is InChI=1S/C15H19NO4S/c1-5-20-15(19)12-6-7-14(13(8-12)9-21-4)16(10(2)17)11(3)18/h6-8H,5,9H2,1-4H3. The van der Waals surface area contributed by atoms with Gasteiger partial charge in [0, 0.05) is 19.6 Å². The summed E-state index contributed by atoms with van der Waals surface area (Å²) in [4.78, 5) is 36.2. The third-order valence-corrected chi connectivity index (χ3v) is 3.36. The number of amides is 2. The van der Waals surface area contributed by atoms with Gasteiger partial charge in [0.05, 0.1) is 17.9 Å². The number of carbonyl (C=O) groups is 3. The number of hydrogen-bond acceptors (Lipinski definition) is 5. The molecule has 0 spiro atoms. The fourth-order valence-corrected chi connectivity index (χ4v) is 2.52. The number of hydrogen-bond donors (Lipinski definition) is 0. The number of anilines is 1. The van der Waals surface area contributed by atoms with E-state index in [1.165, 1.54) is 13.8 Å². The van der Waals surface area contributed by atoms with Crippen molar-refractivity contribution in [3.63, 3.8) is 0 Å². The molecule has 0 aliphatic heterocycles. The van der Waals surface area contributed by atoms with E-state index in [9.17, 15) is 14.4 Å². The van der Waals surface area contributed by atoms with Gasteiger partial charge < -0.3 is 4.74 Å². The molecule has 0 radical (unpaired) electrons. The Bertz CT molecular complexity index is 543. The molecular formula is C15H19NO4S. The average molecular weight is 309 g/mol. The zero-order chi connectivity index (χ0) is 16.0. The summed E-state index contributed by atoms with van der Waals surface area (Å²) in [5.41, 5.74) is 1.67. The molecule has 0 atom stereocenters. The summed E-state index contributed by atoms with van der Waals surface area (Å²) >= 11 is 1.54. The van der Waals surface area contributed by atoms with E-state index in [0.29, 0.717) is 23.6 Å². The van der Waals surface area contributed by atoms with E-state index in [4.69, 9.17) is 4.74 Å². The Balaban J connectivity index is 3.29. The number of nitrogens with zero attached hydrogens (tertiary/aromatic N) is 1. The van der Waals surface area contributed by atoms with E-state index >= 15 is 0 Å². The van der Waals surface area contributed by atoms with Crippen LogP contribution in [0.3, 0.4) is 0 Å². The van der Waals surface area contributed by atoms with Gasteiger partial charge in [-0.05, 0) is 36.9 Å². The van der Waals surface area contributed by atoms with Crippen molar-refractivity contribution in [1.82, 2.24) is 0 Å². The minimum atomic E-state index is -0.413. The first-order valence-corrected chi connectivity index (χ1v) is 7.92. The Morgan fingerprint density at radius 3 is 2.29 bits per heavy atom. The summed E-state index contributed by atoms with van der Waals surface area (Å²) in [6.45, 7) is 4.71. The number of carbonyl (C=O) groups excluding carboxylic acids is 3. The maximum absolute atomic E-state index is 11.8. The fraction of sp³-hybridized carbons (Fsp3) is 0.400. The molecule has 2 amide bonds. The Morgan fingerprint density at radius 2 is 1.81 bits per heavy atom. The molecule has 6 heteroatoms. The van der Waals surface area contributed by atoms with Crippen LogP contribution < -0.4 is 4.90 Å². The van der Waals surface area contributed by atoms with Gasteiger partial charge >= 0.3 is 5.97 Å². The molecule has 0 saturated carbocycles. The van der Waals surface area contributed by atoms with Crippen LogP contribution in [-0.2, 0) is 20.1 Å². The summed E-state index contributed by atoms with van der Waals surface area (Å²) in [6.07, 6.45) is 1.91. The Hall–Kier alpha value is -1.82. The zero-order valence-electron chi connectivity index (χ0n) is 12.6. The SMILES string of the molecule is CCOC(=O)c1ccc(N(C(C)=O)C(C)=O)c(CSC)c1. The van der Waals surface area contributed by atoms with Crippen molar-refractivity contribution in [1.29, 1.82) is 0 Å². The first-order chi connectivity index (χ1) is 9.92. The first-order valence-electron chi connectivity index (χ1n) is 6.52. The molecule has 0 N–H and O–H groups in total. The summed E-state index contributed by atoms with van der Waals surface area (Å²) < 4.78 is 4.96. The molecule has 0 unspecified atom stereocenters. The predicted octanol–water partition coefficient (Wildman–Crippen LogP) is 2.63. The number of esters is 1. The van der Waals surface area contributed by atoms with Crippen molar-refractivity contribution in [2.24, 2.45) is 0 Å². The molecule has 0 aliphatic rings. The van der Waals surface area contributed by atoms with Crippen LogP contribution >= 0.6 is 11.8 Å². The second-order valence-corrected chi connectivity index (χ2v) is 5.24. The monoisotopic (exact) mass is 309 g/mol. The molecule has 0 bridgehead atoms. The fourth-order valence-electron chi connectivity index (χ4n) is 1.98. The highest BCUT2D eigenvalue weighted by atomic mass is 32.2. The van der Waals surface area contributed by atoms with Crippen LogP contribution in [0.1, 0.15) is 36.7 Å². The molecule has 0 saturated heterocycles. The van der Waals surface area contributed by atoms with Gasteiger partial charge in [-0.1, -0.05) is 0 Å². The van der Waals surface area contributed by atoms with Crippen LogP contribution in [0, 0.1) is 0 Å². The van der Waals surface area contributed by atoms with Crippen molar-refractivity contribution in [3.8, 4) is 0 Å². The minimum absolute atomic E-state index is 0.297. The van der Waals surface area contributed by atoms with Gasteiger partial charge in [0.25, 0.3) is 0 Å². The lowest BCUT2D eigenvalue weighted by Gasteiger charge is -2.21. The van der Waals surface area contributed by atoms with Crippen LogP contribution in [0.15, 0.2) is 18.2 Å². The molecule has 1 aromatic carbocycles. The molecule has 0 aliphatic carbocycles. The second-order valence-electron chi connectivity index (χ2n) is 4.37. The van der Waals surface area contributed by atoms with E-state index in [0.717, 1.165) is 10.5 Å². The van der Waals surface area contributed by atoms with E-state index in [1.807, 2.05) is 6.26 Å². The van der Waals surface area contributed by atoms with Gasteiger partial charge in [0.1, 0.15) is 0 Å². The van der Waals surface area contributed by atoms with Crippen molar-refractivity contribution in [3.05, 3.63) is 29.3 Å². The highest BCUT2D eigenvalue weighted by Gasteiger charge is 2.20. The summed E-state index contributed by atoms with van der Waals surface area (Å²) in [5, 5.41) is 0. The van der Waals surface area contributed by atoms with Gasteiger partial charge in [0.2, 0.25) is 11.8 Å². The van der Waals surface area contributed by atoms with Gasteiger partial charge in [0.15, 0.2) is 0 Å². The largest absolute Gasteiger partial charge is 0.462 e. The van der Waals surface area contributed by atoms with E-state index < -0.39 is 5.97 Å². The van der Waals surface area contributed by atoms with Gasteiger partial charge in [-0.2, -0.15) is 11.8 Å². The molecule has 5 nitrogen and oxygen atoms in total. The van der Waals surface area contributed by atoms with E-state index in [-0.39, 0.29) is 11.8 Å². The van der Waals surface area contributed by atoms with Crippen LogP contribution in [0.25, 0.3) is 0 Å². The normalized spacial score (nSPS) is 10.1. The Labute approximate surface area is 128 Å². The molecule has 21 heavy (non-hydrogen) atoms. The molecular weight excluding hydrogens is 290 g/mol. The van der Waals surface area contributed by atoms with Crippen molar-refractivity contribution >= 4 is 35.2 Å². The lowest BCUT2D eigenvalue weighted by molar-refractivity contribution is -0.124. The Kier molecular flexibility index (Phi) is 6.42. The first kappa shape index (κ1) is 17.2. The number of rotatable bonds is 5. The number of benzene rings is 1. The average Bonchev–Trinajstić information content (AvgIpc) is 2.40. The van der Waals surface area contributed by atoms with E-state index in [2.05, 4.69) is 0 Å². The highest BCUT2D eigenvalue weighted by Crippen LogP contribution is 2.26. The maximum atomic E-state index is 11.8. The minimum Gasteiger partial charge on any atom is -0.462 e. The second kappa shape index (κ2) is 7.83. The predicted molar refractivity (Wildman–Crippen MR) is 83.5 cm³/mol. The molecule has 1 rings (SSSR count). The van der Waals surface area contributed by atoms with Gasteiger partial charge in [-0.15, -0.1) is 0 Å². The van der Waals surface area contributed by atoms with Crippen molar-refractivity contribution < 1.29 is 19.1 Å². The molecule has 1 aromatic rings. The van der Waals surface area contributed by atoms with Crippen molar-refractivity contribution in [2.45, 2.75) is 26.5 Å². The van der Waals surface area contributed by atoms with Crippen LogP contribution in [-0.4, -0.2) is 30.6 Å². The lowest BCUT2D eigenvalue weighted by atomic mass is 10.1. The quantitative estimate of drug-likeness (QED) is 0.782. The summed E-state index contributed by atoms with van der Waals surface area (Å²) in [6, 6.07) is 4.85. The number of thioether (sulfide) groups is 1. The van der Waals surface area contributed by atoms with Crippen molar-refractivity contribution in [2.75, 3.05) is 17.8 Å². The summed E-state index contributed by atoms with van der Waals surface area (Å²) in [7, 11) is 0. The third-order valence-electron chi connectivity index (χ3n) is 2.76. The smallest absolute Gasteiger partial charge is 0.338 e. The topological polar surface area (TPSA) is 63.7 Å². The molecule has 0 aromatic heterocycles. The van der Waals surface area contributed by atoms with Gasteiger partial charge in [-0.3, -0.25) is 14.5 Å². The van der Waals surface area contributed by atoms with Crippen LogP contribution in [0.5, 0.6) is 0 Å². The third kappa shape index (κ3) is 4.32. The molecule has 0 heterocycles. The molecule has 0 fully saturated rings. The zero-order valence-corrected chi connectivity index (χ0v) is 13.5. The maximum Gasteiger partial charge on any atom is 0.338 e. The number of imide groups is 1. The number of ether oxygens (including phenoxy) is 1. The summed E-state index contributed by atoms with van der Waals surface area (Å²) in [5.74, 6) is -0.536. The van der Waals surface area contributed by atoms with Crippen LogP contribution in [0.4, 0.5) is 5.69 Å². The van der Waals surface area contributed by atoms with Crippen LogP contribution in [0.2, 0.25) is 0 Å². The lowest BCUT2D eigenvalue weighted by Crippen LogP contribution is -2.33. The van der Waals surface area contributed by atoms with E-state index in [1.54, 1.807) is 36.9 Å². The highest BCUT2D eigenvalue weighted by molar-refractivity contribution is 7.97.